The third-order valence-electron chi connectivity index (χ3n) is 3.68. The lowest BCUT2D eigenvalue weighted by atomic mass is 10.0. The van der Waals surface area contributed by atoms with Crippen LogP contribution >= 0.6 is 0 Å². The molecule has 0 fully saturated rings. The average molecular weight is 402 g/mol. The first-order chi connectivity index (χ1) is 13.7. The van der Waals surface area contributed by atoms with Crippen molar-refractivity contribution in [3.8, 4) is 22.5 Å². The predicted octanol–water partition coefficient (Wildman–Crippen LogP) is 3.04. The molecule has 0 aliphatic rings. The van der Waals surface area contributed by atoms with Gasteiger partial charge in [-0.2, -0.15) is 0 Å². The van der Waals surface area contributed by atoms with Crippen molar-refractivity contribution in [1.82, 2.24) is 10.3 Å². The molecule has 3 aromatic rings. The van der Waals surface area contributed by atoms with Crippen molar-refractivity contribution in [2.45, 2.75) is 0 Å². The molecule has 1 aromatic heterocycles. The first kappa shape index (κ1) is 19.0. The van der Waals surface area contributed by atoms with Crippen molar-refractivity contribution in [3.05, 3.63) is 76.9 Å². The average Bonchev–Trinajstić information content (AvgIpc) is 3.17. The van der Waals surface area contributed by atoms with Crippen LogP contribution in [0.3, 0.4) is 0 Å². The van der Waals surface area contributed by atoms with Gasteiger partial charge in [0.15, 0.2) is 0 Å². The second-order valence-corrected chi connectivity index (χ2v) is 5.47. The van der Waals surface area contributed by atoms with E-state index in [9.17, 15) is 40.5 Å². The summed E-state index contributed by atoms with van der Waals surface area (Å²) in [5.74, 6) is 0. The maximum Gasteiger partial charge on any atom is 0.276 e. The van der Waals surface area contributed by atoms with Crippen molar-refractivity contribution >= 4 is 22.7 Å². The fraction of sp³-hybridized carbons (Fsp3) is 0. The van der Waals surface area contributed by atoms with Crippen LogP contribution in [0.25, 0.3) is 22.5 Å². The van der Waals surface area contributed by atoms with Gasteiger partial charge < -0.3 is 0 Å². The molecule has 29 heavy (non-hydrogen) atoms. The van der Waals surface area contributed by atoms with E-state index < -0.39 is 42.4 Å². The van der Waals surface area contributed by atoms with E-state index in [0.717, 1.165) is 36.4 Å². The van der Waals surface area contributed by atoms with Crippen LogP contribution in [-0.4, -0.2) is 30.0 Å². The van der Waals surface area contributed by atoms with Crippen molar-refractivity contribution in [3.63, 3.8) is 0 Å². The van der Waals surface area contributed by atoms with Crippen LogP contribution in [0.4, 0.5) is 22.7 Å². The second-order valence-electron chi connectivity index (χ2n) is 5.47. The summed E-state index contributed by atoms with van der Waals surface area (Å²) in [6, 6.07) is 5.30. The minimum Gasteiger partial charge on any atom is -0.258 e. The molecule has 0 amide bonds. The molecule has 0 atom stereocenters. The van der Waals surface area contributed by atoms with E-state index in [2.05, 4.69) is 14.9 Å². The summed E-state index contributed by atoms with van der Waals surface area (Å²) in [6.07, 6.45) is 0. The third-order valence-corrected chi connectivity index (χ3v) is 3.68. The van der Waals surface area contributed by atoms with E-state index in [-0.39, 0.29) is 22.5 Å². The lowest BCUT2D eigenvalue weighted by Crippen LogP contribution is -1.96. The number of nitrogens with zero attached hydrogens (tertiary/aromatic N) is 6. The molecular formula is C14H6N6O9. The number of rotatable bonds is 6. The van der Waals surface area contributed by atoms with Crippen LogP contribution in [0.15, 0.2) is 41.0 Å². The van der Waals surface area contributed by atoms with Gasteiger partial charge in [-0.3, -0.25) is 40.5 Å². The van der Waals surface area contributed by atoms with Crippen molar-refractivity contribution in [1.29, 1.82) is 0 Å². The Hall–Kier alpha value is -4.82. The number of nitro groups is 4. The minimum atomic E-state index is -0.859. The third kappa shape index (κ3) is 3.68. The van der Waals surface area contributed by atoms with Gasteiger partial charge in [0.2, 0.25) is 0 Å². The molecule has 0 bridgehead atoms. The highest BCUT2D eigenvalue weighted by Crippen LogP contribution is 2.36. The van der Waals surface area contributed by atoms with E-state index in [1.165, 1.54) is 0 Å². The number of benzene rings is 2. The largest absolute Gasteiger partial charge is 0.276 e. The van der Waals surface area contributed by atoms with E-state index in [1.54, 1.807) is 0 Å². The summed E-state index contributed by atoms with van der Waals surface area (Å²) in [6.45, 7) is 0. The molecule has 0 saturated heterocycles. The van der Waals surface area contributed by atoms with Gasteiger partial charge in [-0.15, -0.1) is 0 Å². The zero-order valence-corrected chi connectivity index (χ0v) is 13.8. The molecule has 0 aliphatic carbocycles. The van der Waals surface area contributed by atoms with E-state index in [4.69, 9.17) is 0 Å². The molecule has 0 radical (unpaired) electrons. The predicted molar refractivity (Wildman–Crippen MR) is 91.8 cm³/mol. The molecule has 0 saturated carbocycles. The van der Waals surface area contributed by atoms with Crippen molar-refractivity contribution in [2.24, 2.45) is 0 Å². The summed E-state index contributed by atoms with van der Waals surface area (Å²) in [5, 5.41) is 51.3. The highest BCUT2D eigenvalue weighted by molar-refractivity contribution is 5.81. The Morgan fingerprint density at radius 2 is 0.828 bits per heavy atom. The summed E-state index contributed by atoms with van der Waals surface area (Å²) < 4.78 is 4.58. The van der Waals surface area contributed by atoms with Crippen molar-refractivity contribution < 1.29 is 24.3 Å². The van der Waals surface area contributed by atoms with Crippen LogP contribution in [0, 0.1) is 40.5 Å². The van der Waals surface area contributed by atoms with Crippen LogP contribution in [0.2, 0.25) is 0 Å². The van der Waals surface area contributed by atoms with Gasteiger partial charge in [-0.1, -0.05) is 0 Å². The van der Waals surface area contributed by atoms with Gasteiger partial charge in [-0.25, -0.2) is 4.63 Å². The Morgan fingerprint density at radius 3 is 1.07 bits per heavy atom. The number of hydrogen-bond acceptors (Lipinski definition) is 11. The van der Waals surface area contributed by atoms with Gasteiger partial charge in [0.1, 0.15) is 11.4 Å². The lowest BCUT2D eigenvalue weighted by Gasteiger charge is -2.02. The SMILES string of the molecule is O=[N+]([O-])c1cc(-c2nonc2-c2cc([N+](=O)[O-])cc([N+](=O)[O-])c2)cc([N+](=O)[O-])c1. The number of hydrogen-bond donors (Lipinski definition) is 0. The molecule has 0 N–H and O–H groups in total. The zero-order valence-electron chi connectivity index (χ0n) is 13.8. The normalized spacial score (nSPS) is 10.5. The standard InChI is InChI=1S/C14H6N6O9/c21-17(22)9-1-7(2-10(5-9)18(23)24)13-14(16-29-15-13)8-3-11(19(25)26)6-12(4-8)20(27)28/h1-6H. The Kier molecular flexibility index (Phi) is 4.62. The zero-order chi connectivity index (χ0) is 21.3. The molecule has 15 heteroatoms. The maximum atomic E-state index is 11.1. The number of aromatic nitrogens is 2. The van der Waals surface area contributed by atoms with Crippen LogP contribution in [0.1, 0.15) is 0 Å². The van der Waals surface area contributed by atoms with E-state index >= 15 is 0 Å². The summed E-state index contributed by atoms with van der Waals surface area (Å²) in [7, 11) is 0. The second kappa shape index (κ2) is 7.06. The van der Waals surface area contributed by atoms with Gasteiger partial charge in [0.05, 0.1) is 31.8 Å². The number of non-ortho nitro benzene ring substituents is 4. The van der Waals surface area contributed by atoms with Crippen LogP contribution in [-0.2, 0) is 0 Å². The first-order valence-corrected chi connectivity index (χ1v) is 7.38. The Bertz CT molecular complexity index is 1030. The van der Waals surface area contributed by atoms with Gasteiger partial charge >= 0.3 is 0 Å². The molecule has 0 aliphatic heterocycles. The molecule has 0 unspecified atom stereocenters. The first-order valence-electron chi connectivity index (χ1n) is 7.38. The molecule has 3 rings (SSSR count). The summed E-state index contributed by atoms with van der Waals surface area (Å²) >= 11 is 0. The lowest BCUT2D eigenvalue weighted by molar-refractivity contribution is -0.394. The Labute approximate surface area is 157 Å². The van der Waals surface area contributed by atoms with Gasteiger partial charge in [0, 0.05) is 35.4 Å². The maximum absolute atomic E-state index is 11.1. The van der Waals surface area contributed by atoms with E-state index in [0.29, 0.717) is 0 Å². The highest BCUT2D eigenvalue weighted by Gasteiger charge is 2.25. The minimum absolute atomic E-state index is 0.142. The molecule has 2 aromatic carbocycles. The Balaban J connectivity index is 2.24. The Morgan fingerprint density at radius 1 is 0.552 bits per heavy atom. The molecule has 1 heterocycles. The number of nitro benzene ring substituents is 4. The fourth-order valence-electron chi connectivity index (χ4n) is 2.45. The fourth-order valence-corrected chi connectivity index (χ4v) is 2.45. The molecule has 0 spiro atoms. The smallest absolute Gasteiger partial charge is 0.258 e. The van der Waals surface area contributed by atoms with Crippen LogP contribution in [0.5, 0.6) is 0 Å². The van der Waals surface area contributed by atoms with Gasteiger partial charge in [0.25, 0.3) is 22.7 Å². The monoisotopic (exact) mass is 402 g/mol. The summed E-state index contributed by atoms with van der Waals surface area (Å²) in [5.41, 5.74) is -3.21. The quantitative estimate of drug-likeness (QED) is 0.431. The summed E-state index contributed by atoms with van der Waals surface area (Å²) in [4.78, 5) is 40.8. The molecular weight excluding hydrogens is 396 g/mol. The van der Waals surface area contributed by atoms with Crippen molar-refractivity contribution in [2.75, 3.05) is 0 Å². The molecule has 15 nitrogen and oxygen atoms in total. The molecule has 146 valence electrons. The topological polar surface area (TPSA) is 211 Å². The van der Waals surface area contributed by atoms with Crippen LogP contribution < -0.4 is 0 Å². The van der Waals surface area contributed by atoms with E-state index in [1.807, 2.05) is 0 Å². The van der Waals surface area contributed by atoms with Gasteiger partial charge in [-0.05, 0) is 10.3 Å². The highest BCUT2D eigenvalue weighted by atomic mass is 16.6.